The number of hydrogen-bond acceptors (Lipinski definition) is 2. The summed E-state index contributed by atoms with van der Waals surface area (Å²) in [5.41, 5.74) is 14.4. The topological polar surface area (TPSA) is 48.8 Å². The van der Waals surface area contributed by atoms with E-state index in [9.17, 15) is 0 Å². The lowest BCUT2D eigenvalue weighted by atomic mass is 9.81. The Balaban J connectivity index is 1.40. The Morgan fingerprint density at radius 2 is 1.77 bits per heavy atom. The molecule has 4 heteroatoms. The van der Waals surface area contributed by atoms with Gasteiger partial charge >= 0.3 is 0 Å². The standard InChI is InChI=1S/C35H46N4/c1-25-8-6-10-27(22-25)31(13-7-9-26-14-17-29(36)18-15-26)33-24-39(30-11-4-3-5-12-30)35-19-16-28(23-32(33)35)34-20-21-37-38(34)2/h6,8,10,16,19-24,26,29-31H,3-5,7,9,11-15,17-18,36H2,1-2H3. The summed E-state index contributed by atoms with van der Waals surface area (Å²) < 4.78 is 4.65. The maximum Gasteiger partial charge on any atom is 0.0679 e. The van der Waals surface area contributed by atoms with Gasteiger partial charge in [0.25, 0.3) is 0 Å². The minimum absolute atomic E-state index is 0.407. The average molecular weight is 523 g/mol. The smallest absolute Gasteiger partial charge is 0.0679 e. The van der Waals surface area contributed by atoms with Crippen LogP contribution in [0.2, 0.25) is 0 Å². The van der Waals surface area contributed by atoms with E-state index in [0.29, 0.717) is 18.0 Å². The minimum atomic E-state index is 0.407. The lowest BCUT2D eigenvalue weighted by Crippen LogP contribution is -2.26. The molecule has 1 atom stereocenters. The molecular weight excluding hydrogens is 476 g/mol. The van der Waals surface area contributed by atoms with Crippen LogP contribution in [0.5, 0.6) is 0 Å². The molecule has 2 N–H and O–H groups in total. The van der Waals surface area contributed by atoms with Gasteiger partial charge in [0.2, 0.25) is 0 Å². The van der Waals surface area contributed by atoms with Crippen molar-refractivity contribution in [2.24, 2.45) is 18.7 Å². The molecule has 2 aromatic heterocycles. The summed E-state index contributed by atoms with van der Waals surface area (Å²) in [4.78, 5) is 0. The number of hydrogen-bond donors (Lipinski definition) is 1. The van der Waals surface area contributed by atoms with Crippen molar-refractivity contribution in [3.05, 3.63) is 77.6 Å². The van der Waals surface area contributed by atoms with Crippen molar-refractivity contribution in [2.75, 3.05) is 0 Å². The van der Waals surface area contributed by atoms with Crippen molar-refractivity contribution >= 4 is 10.9 Å². The van der Waals surface area contributed by atoms with E-state index in [-0.39, 0.29) is 0 Å². The Morgan fingerprint density at radius 3 is 2.51 bits per heavy atom. The van der Waals surface area contributed by atoms with E-state index in [4.69, 9.17) is 5.73 Å². The summed E-state index contributed by atoms with van der Waals surface area (Å²) in [6.45, 7) is 2.23. The number of benzene rings is 2. The monoisotopic (exact) mass is 522 g/mol. The zero-order valence-electron chi connectivity index (χ0n) is 24.0. The largest absolute Gasteiger partial charge is 0.344 e. The predicted octanol–water partition coefficient (Wildman–Crippen LogP) is 8.68. The highest BCUT2D eigenvalue weighted by Crippen LogP contribution is 2.41. The quantitative estimate of drug-likeness (QED) is 0.252. The van der Waals surface area contributed by atoms with Crippen LogP contribution >= 0.6 is 0 Å². The highest BCUT2D eigenvalue weighted by atomic mass is 15.3. The zero-order valence-corrected chi connectivity index (χ0v) is 24.0. The fourth-order valence-corrected chi connectivity index (χ4v) is 7.51. The van der Waals surface area contributed by atoms with Gasteiger partial charge in [-0.05, 0) is 87.1 Å². The van der Waals surface area contributed by atoms with Crippen molar-refractivity contribution in [1.82, 2.24) is 14.3 Å². The van der Waals surface area contributed by atoms with Crippen LogP contribution in [-0.4, -0.2) is 20.4 Å². The highest BCUT2D eigenvalue weighted by molar-refractivity contribution is 5.89. The Morgan fingerprint density at radius 1 is 0.949 bits per heavy atom. The van der Waals surface area contributed by atoms with Crippen LogP contribution in [0, 0.1) is 12.8 Å². The molecule has 0 spiro atoms. The minimum Gasteiger partial charge on any atom is -0.344 e. The fourth-order valence-electron chi connectivity index (χ4n) is 7.51. The molecule has 4 aromatic rings. The van der Waals surface area contributed by atoms with Crippen molar-refractivity contribution in [2.45, 2.75) is 102 Å². The SMILES string of the molecule is Cc1cccc(C(CCCC2CCC(N)CC2)c2cn(C3CCCCC3)c3ccc(-c4ccnn4C)cc23)c1. The molecule has 0 saturated heterocycles. The number of nitrogens with zero attached hydrogens (tertiary/aromatic N) is 3. The predicted molar refractivity (Wildman–Crippen MR) is 163 cm³/mol. The van der Waals surface area contributed by atoms with E-state index >= 15 is 0 Å². The van der Waals surface area contributed by atoms with E-state index in [1.54, 1.807) is 0 Å². The van der Waals surface area contributed by atoms with Crippen LogP contribution in [0.15, 0.2) is 60.9 Å². The Bertz CT molecular complexity index is 1380. The first kappa shape index (κ1) is 26.4. The molecule has 0 aliphatic heterocycles. The van der Waals surface area contributed by atoms with E-state index in [2.05, 4.69) is 71.3 Å². The van der Waals surface area contributed by atoms with Crippen LogP contribution in [0.4, 0.5) is 0 Å². The van der Waals surface area contributed by atoms with Crippen LogP contribution in [-0.2, 0) is 7.05 Å². The first-order valence-corrected chi connectivity index (χ1v) is 15.5. The van der Waals surface area contributed by atoms with E-state index < -0.39 is 0 Å². The fraction of sp³-hybridized carbons (Fsp3) is 0.514. The van der Waals surface area contributed by atoms with Gasteiger partial charge in [-0.1, -0.05) is 68.0 Å². The third-order valence-electron chi connectivity index (χ3n) is 9.77. The second-order valence-electron chi connectivity index (χ2n) is 12.5. The molecule has 0 amide bonds. The maximum atomic E-state index is 6.21. The van der Waals surface area contributed by atoms with E-state index in [0.717, 1.165) is 5.92 Å². The molecule has 39 heavy (non-hydrogen) atoms. The van der Waals surface area contributed by atoms with Crippen LogP contribution in [0.25, 0.3) is 22.2 Å². The Hall–Kier alpha value is -2.85. The van der Waals surface area contributed by atoms with Gasteiger partial charge in [-0.15, -0.1) is 0 Å². The lowest BCUT2D eigenvalue weighted by molar-refractivity contribution is 0.302. The van der Waals surface area contributed by atoms with Gasteiger partial charge in [-0.3, -0.25) is 4.68 Å². The van der Waals surface area contributed by atoms with Gasteiger partial charge < -0.3 is 10.3 Å². The lowest BCUT2D eigenvalue weighted by Gasteiger charge is -2.27. The van der Waals surface area contributed by atoms with Gasteiger partial charge in [0.15, 0.2) is 0 Å². The molecular formula is C35H46N4. The molecule has 2 aliphatic rings. The van der Waals surface area contributed by atoms with E-state index in [1.807, 2.05) is 17.9 Å². The summed E-state index contributed by atoms with van der Waals surface area (Å²) in [5, 5.41) is 5.89. The van der Waals surface area contributed by atoms with Gasteiger partial charge in [0, 0.05) is 53.9 Å². The summed E-state index contributed by atoms with van der Waals surface area (Å²) >= 11 is 0. The van der Waals surface area contributed by atoms with Crippen LogP contribution < -0.4 is 5.73 Å². The molecule has 6 rings (SSSR count). The summed E-state index contributed by atoms with van der Waals surface area (Å²) in [6, 6.07) is 19.6. The molecule has 2 aliphatic carbocycles. The molecule has 206 valence electrons. The Labute approximate surface area is 234 Å². The van der Waals surface area contributed by atoms with Crippen LogP contribution in [0.1, 0.15) is 106 Å². The van der Waals surface area contributed by atoms with Crippen molar-refractivity contribution in [3.63, 3.8) is 0 Å². The Kier molecular flexibility index (Phi) is 7.92. The van der Waals surface area contributed by atoms with Gasteiger partial charge in [-0.2, -0.15) is 5.10 Å². The molecule has 0 radical (unpaired) electrons. The second-order valence-corrected chi connectivity index (χ2v) is 12.5. The number of rotatable bonds is 8. The van der Waals surface area contributed by atoms with Crippen LogP contribution in [0.3, 0.4) is 0 Å². The van der Waals surface area contributed by atoms with Crippen molar-refractivity contribution in [3.8, 4) is 11.3 Å². The summed E-state index contributed by atoms with van der Waals surface area (Å²) in [5.74, 6) is 1.26. The third kappa shape index (κ3) is 5.72. The number of aryl methyl sites for hydroxylation is 2. The molecule has 2 fully saturated rings. The first-order chi connectivity index (χ1) is 19.1. The number of aromatic nitrogens is 3. The highest BCUT2D eigenvalue weighted by Gasteiger charge is 2.25. The molecule has 1 unspecified atom stereocenters. The molecule has 2 aromatic carbocycles. The first-order valence-electron chi connectivity index (χ1n) is 15.5. The molecule has 4 nitrogen and oxygen atoms in total. The maximum absolute atomic E-state index is 6.21. The zero-order chi connectivity index (χ0) is 26.8. The molecule has 2 saturated carbocycles. The van der Waals surface area contributed by atoms with Gasteiger partial charge in [-0.25, -0.2) is 0 Å². The molecule has 2 heterocycles. The normalized spacial score (nSPS) is 21.4. The number of fused-ring (bicyclic) bond motifs is 1. The van der Waals surface area contributed by atoms with Crippen molar-refractivity contribution in [1.29, 1.82) is 0 Å². The number of nitrogens with two attached hydrogens (primary N) is 1. The van der Waals surface area contributed by atoms with Gasteiger partial charge in [0.05, 0.1) is 5.69 Å². The summed E-state index contributed by atoms with van der Waals surface area (Å²) in [6.07, 6.45) is 20.0. The summed E-state index contributed by atoms with van der Waals surface area (Å²) in [7, 11) is 2.04. The second kappa shape index (κ2) is 11.7. The van der Waals surface area contributed by atoms with E-state index in [1.165, 1.54) is 116 Å². The van der Waals surface area contributed by atoms with Crippen molar-refractivity contribution < 1.29 is 0 Å². The third-order valence-corrected chi connectivity index (χ3v) is 9.77. The van der Waals surface area contributed by atoms with Gasteiger partial charge in [0.1, 0.15) is 0 Å². The molecule has 0 bridgehead atoms. The average Bonchev–Trinajstić information content (AvgIpc) is 3.56.